The van der Waals surface area contributed by atoms with Crippen LogP contribution in [0.5, 0.6) is 5.75 Å². The Kier molecular flexibility index (Phi) is 15.5. The number of aromatic hydroxyl groups is 1. The van der Waals surface area contributed by atoms with Crippen LogP contribution in [0.4, 0.5) is 0 Å². The van der Waals surface area contributed by atoms with Gasteiger partial charge in [0.25, 0.3) is 5.91 Å². The van der Waals surface area contributed by atoms with Gasteiger partial charge in [-0.3, -0.25) is 38.7 Å². The number of phenolic OH excluding ortho intramolecular Hbond substituents is 1. The number of carbonyl (C=O) groups excluding carboxylic acids is 5. The maximum Gasteiger partial charge on any atom is 0.303 e. The summed E-state index contributed by atoms with van der Waals surface area (Å²) in [7, 11) is 0. The number of carbonyl (C=O) groups is 6. The number of guanidine groups is 1. The number of primary amides is 1. The SMILES string of the molecule is NC(=O)[C@H](Cc1ccc(O)cc1)NC(=O)[C@H](CCC(=O)O)NC(=O)[C@H](CCCN=C(N)N)NC(=O)[C@H](Cc1ccccc1)NC(=O)c1cccnc1. The van der Waals surface area contributed by atoms with Crippen molar-refractivity contribution in [3.63, 3.8) is 0 Å². The van der Waals surface area contributed by atoms with E-state index in [4.69, 9.17) is 17.2 Å². The van der Waals surface area contributed by atoms with Gasteiger partial charge >= 0.3 is 5.97 Å². The van der Waals surface area contributed by atoms with E-state index in [1.165, 1.54) is 42.7 Å². The fraction of sp³-hybridized carbons (Fsp3) is 0.314. The van der Waals surface area contributed by atoms with E-state index in [0.717, 1.165) is 0 Å². The first-order valence-corrected chi connectivity index (χ1v) is 16.3. The highest BCUT2D eigenvalue weighted by Crippen LogP contribution is 2.12. The Morgan fingerprint density at radius 3 is 1.85 bits per heavy atom. The number of hydrogen-bond acceptors (Lipinski definition) is 9. The first-order chi connectivity index (χ1) is 24.8. The van der Waals surface area contributed by atoms with E-state index in [1.807, 2.05) is 0 Å². The molecule has 52 heavy (non-hydrogen) atoms. The van der Waals surface area contributed by atoms with Crippen LogP contribution < -0.4 is 38.5 Å². The summed E-state index contributed by atoms with van der Waals surface area (Å²) in [5, 5.41) is 29.2. The van der Waals surface area contributed by atoms with E-state index in [0.29, 0.717) is 11.1 Å². The zero-order chi connectivity index (χ0) is 38.0. The van der Waals surface area contributed by atoms with Crippen molar-refractivity contribution >= 4 is 41.5 Å². The molecule has 1 aromatic heterocycles. The molecule has 0 saturated heterocycles. The lowest BCUT2D eigenvalue weighted by atomic mass is 10.0. The number of aliphatic imine (C=N–C) groups is 1. The van der Waals surface area contributed by atoms with Crippen LogP contribution in [-0.2, 0) is 36.8 Å². The highest BCUT2D eigenvalue weighted by atomic mass is 16.4. The third-order valence-corrected chi connectivity index (χ3v) is 7.72. The molecule has 0 aliphatic rings. The second-order valence-corrected chi connectivity index (χ2v) is 11.8. The molecule has 3 aromatic rings. The monoisotopic (exact) mass is 717 g/mol. The van der Waals surface area contributed by atoms with Gasteiger partial charge in [-0.25, -0.2) is 0 Å². The molecule has 0 saturated carbocycles. The highest BCUT2D eigenvalue weighted by molar-refractivity contribution is 5.99. The molecule has 0 unspecified atom stereocenters. The highest BCUT2D eigenvalue weighted by Gasteiger charge is 2.31. The second kappa shape index (κ2) is 20.2. The van der Waals surface area contributed by atoms with E-state index >= 15 is 0 Å². The van der Waals surface area contributed by atoms with E-state index in [2.05, 4.69) is 31.2 Å². The van der Waals surface area contributed by atoms with Crippen molar-refractivity contribution < 1.29 is 39.0 Å². The fourth-order valence-corrected chi connectivity index (χ4v) is 5.01. The van der Waals surface area contributed by atoms with Gasteiger partial charge in [-0.2, -0.15) is 0 Å². The quantitative estimate of drug-likeness (QED) is 0.0397. The summed E-state index contributed by atoms with van der Waals surface area (Å²) in [4.78, 5) is 85.7. The van der Waals surface area contributed by atoms with Crippen LogP contribution in [0.1, 0.15) is 47.2 Å². The van der Waals surface area contributed by atoms with Crippen molar-refractivity contribution in [2.45, 2.75) is 62.7 Å². The van der Waals surface area contributed by atoms with Crippen molar-refractivity contribution in [1.29, 1.82) is 0 Å². The minimum atomic E-state index is -1.47. The normalized spacial score (nSPS) is 12.9. The van der Waals surface area contributed by atoms with Crippen molar-refractivity contribution in [2.24, 2.45) is 22.2 Å². The van der Waals surface area contributed by atoms with E-state index < -0.39 is 66.1 Å². The summed E-state index contributed by atoms with van der Waals surface area (Å²) in [6.07, 6.45) is 2.10. The van der Waals surface area contributed by atoms with Crippen molar-refractivity contribution in [3.05, 3.63) is 95.8 Å². The van der Waals surface area contributed by atoms with Crippen molar-refractivity contribution in [2.75, 3.05) is 6.54 Å². The minimum Gasteiger partial charge on any atom is -0.508 e. The van der Waals surface area contributed by atoms with Gasteiger partial charge in [0.1, 0.15) is 29.9 Å². The number of aliphatic carboxylic acids is 1. The van der Waals surface area contributed by atoms with Crippen LogP contribution in [-0.4, -0.2) is 87.4 Å². The summed E-state index contributed by atoms with van der Waals surface area (Å²) < 4.78 is 0. The first kappa shape index (κ1) is 39.9. The number of rotatable bonds is 20. The number of hydrogen-bond donors (Lipinski definition) is 9. The molecular weight excluding hydrogens is 674 g/mol. The number of carboxylic acid groups (broad SMARTS) is 1. The molecule has 5 amide bonds. The van der Waals surface area contributed by atoms with Gasteiger partial charge in [-0.15, -0.1) is 0 Å². The number of aromatic nitrogens is 1. The molecule has 12 N–H and O–H groups in total. The Morgan fingerprint density at radius 2 is 1.27 bits per heavy atom. The molecule has 17 nitrogen and oxygen atoms in total. The Bertz CT molecular complexity index is 1700. The summed E-state index contributed by atoms with van der Waals surface area (Å²) in [6.45, 7) is 0.0909. The predicted octanol–water partition coefficient (Wildman–Crippen LogP) is -0.771. The Hall–Kier alpha value is -6.52. The maximum absolute atomic E-state index is 13.8. The standard InChI is InChI=1S/C35H43N9O8/c36-30(48)27(18-22-10-12-24(45)13-11-22)43-33(51)26(14-15-29(46)47)42-32(50)25(9-5-17-40-35(37)38)41-34(52)28(19-21-6-2-1-3-7-21)44-31(49)23-8-4-16-39-20-23/h1-4,6-8,10-13,16,20,25-28,45H,5,9,14-15,17-19H2,(H2,36,48)(H,41,52)(H,42,50)(H,43,51)(H,44,49)(H,46,47)(H4,37,38,40)/t25-,26-,27-,28-/m0/s1. The van der Waals surface area contributed by atoms with Crippen molar-refractivity contribution in [3.8, 4) is 5.75 Å². The number of benzene rings is 2. The zero-order valence-electron chi connectivity index (χ0n) is 28.2. The number of carboxylic acids is 1. The summed E-state index contributed by atoms with van der Waals surface area (Å²) in [6, 6.07) is 12.6. The van der Waals surface area contributed by atoms with E-state index in [9.17, 15) is 39.0 Å². The Labute approximate surface area is 299 Å². The van der Waals surface area contributed by atoms with Gasteiger partial charge in [-0.1, -0.05) is 42.5 Å². The summed E-state index contributed by atoms with van der Waals surface area (Å²) >= 11 is 0. The molecule has 0 radical (unpaired) electrons. The fourth-order valence-electron chi connectivity index (χ4n) is 5.01. The molecule has 276 valence electrons. The molecule has 1 heterocycles. The molecule has 0 aliphatic heterocycles. The third kappa shape index (κ3) is 13.8. The maximum atomic E-state index is 13.8. The molecule has 3 rings (SSSR count). The third-order valence-electron chi connectivity index (χ3n) is 7.72. The lowest BCUT2D eigenvalue weighted by molar-refractivity contribution is -0.138. The molecule has 0 aliphatic carbocycles. The molecule has 17 heteroatoms. The number of nitrogens with zero attached hydrogens (tertiary/aromatic N) is 2. The summed E-state index contributed by atoms with van der Waals surface area (Å²) in [5.41, 5.74) is 17.9. The van der Waals surface area contributed by atoms with Gasteiger partial charge in [-0.05, 0) is 54.7 Å². The lowest BCUT2D eigenvalue weighted by Gasteiger charge is -2.26. The molecule has 0 spiro atoms. The van der Waals surface area contributed by atoms with Crippen molar-refractivity contribution in [1.82, 2.24) is 26.3 Å². The molecule has 2 aromatic carbocycles. The van der Waals surface area contributed by atoms with Gasteiger partial charge in [0.05, 0.1) is 5.56 Å². The first-order valence-electron chi connectivity index (χ1n) is 16.3. The number of amides is 5. The van der Waals surface area contributed by atoms with Crippen LogP contribution in [0.25, 0.3) is 0 Å². The lowest BCUT2D eigenvalue weighted by Crippen LogP contribution is -2.58. The average Bonchev–Trinajstić information content (AvgIpc) is 3.11. The van der Waals surface area contributed by atoms with Crippen LogP contribution >= 0.6 is 0 Å². The minimum absolute atomic E-state index is 0.0120. The van der Waals surface area contributed by atoms with Crippen LogP contribution in [0.2, 0.25) is 0 Å². The second-order valence-electron chi connectivity index (χ2n) is 11.8. The van der Waals surface area contributed by atoms with Gasteiger partial charge in [0, 0.05) is 38.2 Å². The largest absolute Gasteiger partial charge is 0.508 e. The number of nitrogens with one attached hydrogen (secondary N) is 4. The summed E-state index contributed by atoms with van der Waals surface area (Å²) in [5.74, 6) is -5.40. The topological polar surface area (TPSA) is 294 Å². The molecule has 0 fully saturated rings. The molecule has 4 atom stereocenters. The number of phenols is 1. The molecular formula is C35H43N9O8. The average molecular weight is 718 g/mol. The molecule has 0 bridgehead atoms. The number of pyridine rings is 1. The van der Waals surface area contributed by atoms with E-state index in [1.54, 1.807) is 36.4 Å². The van der Waals surface area contributed by atoms with Crippen LogP contribution in [0.3, 0.4) is 0 Å². The van der Waals surface area contributed by atoms with E-state index in [-0.39, 0.29) is 55.9 Å². The number of nitrogens with two attached hydrogens (primary N) is 3. The zero-order valence-corrected chi connectivity index (χ0v) is 28.2. The van der Waals surface area contributed by atoms with Crippen LogP contribution in [0, 0.1) is 0 Å². The Morgan fingerprint density at radius 1 is 0.692 bits per heavy atom. The predicted molar refractivity (Wildman–Crippen MR) is 189 cm³/mol. The smallest absolute Gasteiger partial charge is 0.303 e. The van der Waals surface area contributed by atoms with Crippen LogP contribution in [0.15, 0.2) is 84.1 Å². The van der Waals surface area contributed by atoms with Gasteiger partial charge in [0.2, 0.25) is 23.6 Å². The van der Waals surface area contributed by atoms with Gasteiger partial charge < -0.3 is 48.7 Å². The Balaban J connectivity index is 1.85. The van der Waals surface area contributed by atoms with Gasteiger partial charge in [0.15, 0.2) is 5.96 Å².